The predicted molar refractivity (Wildman–Crippen MR) is 124 cm³/mol. The lowest BCUT2D eigenvalue weighted by Gasteiger charge is -2.36. The fourth-order valence-corrected chi connectivity index (χ4v) is 5.03. The second-order valence-electron chi connectivity index (χ2n) is 7.41. The molecule has 1 aliphatic heterocycles. The number of ether oxygens (including phenoxy) is 2. The summed E-state index contributed by atoms with van der Waals surface area (Å²) in [7, 11) is 1.45. The van der Waals surface area contributed by atoms with Crippen LogP contribution in [0.4, 0.5) is 5.69 Å². The largest absolute Gasteiger partial charge is 0.487 e. The Labute approximate surface area is 197 Å². The van der Waals surface area contributed by atoms with Crippen molar-refractivity contribution in [3.8, 4) is 5.75 Å². The molecule has 0 saturated carbocycles. The maximum atomic E-state index is 12.3. The first-order valence-corrected chi connectivity index (χ1v) is 12.4. The Morgan fingerprint density at radius 3 is 2.34 bits per heavy atom. The highest BCUT2D eigenvalue weighted by atomic mass is 79.9. The number of esters is 1. The molecular weight excluding hydrogens is 502 g/mol. The first kappa shape index (κ1) is 24.5. The summed E-state index contributed by atoms with van der Waals surface area (Å²) in [6.45, 7) is 4.36. The zero-order valence-corrected chi connectivity index (χ0v) is 21.0. The minimum absolute atomic E-state index is 0.221. The third-order valence-corrected chi connectivity index (χ3v) is 7.95. The van der Waals surface area contributed by atoms with Gasteiger partial charge in [0.15, 0.2) is 5.69 Å². The second-order valence-corrected chi connectivity index (χ2v) is 10.3. The molecular formula is C20H28BrN5O5S. The number of benzene rings is 1. The SMILES string of the molecule is CCOC(=O)c1nn(C)c(COc2ccc(N3CCN(S(=O)(=O)N(C)C)CC3)cc2)c1Br. The third kappa shape index (κ3) is 5.25. The molecule has 1 saturated heterocycles. The maximum absolute atomic E-state index is 12.3. The van der Waals surface area contributed by atoms with E-state index in [1.165, 1.54) is 8.61 Å². The van der Waals surface area contributed by atoms with Gasteiger partial charge in [-0.05, 0) is 47.1 Å². The van der Waals surface area contributed by atoms with E-state index < -0.39 is 16.2 Å². The van der Waals surface area contributed by atoms with Crippen molar-refractivity contribution >= 4 is 37.8 Å². The van der Waals surface area contributed by atoms with Crippen molar-refractivity contribution in [3.63, 3.8) is 0 Å². The maximum Gasteiger partial charge on any atom is 0.360 e. The van der Waals surface area contributed by atoms with Gasteiger partial charge in [0.2, 0.25) is 0 Å². The Bertz CT molecular complexity index is 1050. The van der Waals surface area contributed by atoms with Crippen LogP contribution in [0, 0.1) is 0 Å². The summed E-state index contributed by atoms with van der Waals surface area (Å²) in [4.78, 5) is 14.1. The molecule has 1 aromatic carbocycles. The van der Waals surface area contributed by atoms with Crippen molar-refractivity contribution < 1.29 is 22.7 Å². The van der Waals surface area contributed by atoms with Crippen LogP contribution in [0.1, 0.15) is 23.1 Å². The summed E-state index contributed by atoms with van der Waals surface area (Å²) in [5, 5.41) is 4.21. The average molecular weight is 530 g/mol. The second kappa shape index (κ2) is 10.2. The molecule has 32 heavy (non-hydrogen) atoms. The highest BCUT2D eigenvalue weighted by molar-refractivity contribution is 9.10. The van der Waals surface area contributed by atoms with Crippen molar-refractivity contribution in [3.05, 3.63) is 40.1 Å². The average Bonchev–Trinajstić information content (AvgIpc) is 3.06. The molecule has 0 unspecified atom stereocenters. The Balaban J connectivity index is 1.59. The Morgan fingerprint density at radius 1 is 1.16 bits per heavy atom. The van der Waals surface area contributed by atoms with Gasteiger partial charge in [0.1, 0.15) is 12.4 Å². The highest BCUT2D eigenvalue weighted by Gasteiger charge is 2.28. The molecule has 1 aliphatic rings. The molecule has 1 fully saturated rings. The Hall–Kier alpha value is -2.15. The van der Waals surface area contributed by atoms with Crippen LogP contribution in [0.15, 0.2) is 28.7 Å². The lowest BCUT2D eigenvalue weighted by atomic mass is 10.2. The van der Waals surface area contributed by atoms with Crippen LogP contribution in [-0.4, -0.2) is 79.7 Å². The van der Waals surface area contributed by atoms with Gasteiger partial charge in [0.05, 0.1) is 16.8 Å². The molecule has 0 N–H and O–H groups in total. The highest BCUT2D eigenvalue weighted by Crippen LogP contribution is 2.25. The fourth-order valence-electron chi connectivity index (χ4n) is 3.33. The first-order chi connectivity index (χ1) is 15.1. The Morgan fingerprint density at radius 2 is 1.78 bits per heavy atom. The van der Waals surface area contributed by atoms with E-state index in [0.717, 1.165) is 11.4 Å². The van der Waals surface area contributed by atoms with Gasteiger partial charge in [-0.3, -0.25) is 4.68 Å². The number of nitrogens with zero attached hydrogens (tertiary/aromatic N) is 5. The molecule has 12 heteroatoms. The molecule has 2 aromatic rings. The van der Waals surface area contributed by atoms with E-state index in [2.05, 4.69) is 25.9 Å². The standard InChI is InChI=1S/C20H28BrN5O5S/c1-5-30-20(27)19-18(21)17(24(4)22-19)14-31-16-8-6-15(7-9-16)25-10-12-26(13-11-25)32(28,29)23(2)3/h6-9H,5,10-14H2,1-4H3. The third-order valence-electron chi connectivity index (χ3n) is 5.17. The number of aromatic nitrogens is 2. The molecule has 0 amide bonds. The predicted octanol–water partition coefficient (Wildman–Crippen LogP) is 1.87. The van der Waals surface area contributed by atoms with Gasteiger partial charge in [-0.1, -0.05) is 0 Å². The van der Waals surface area contributed by atoms with Crippen molar-refractivity contribution in [1.82, 2.24) is 18.4 Å². The van der Waals surface area contributed by atoms with Gasteiger partial charge < -0.3 is 14.4 Å². The van der Waals surface area contributed by atoms with E-state index in [1.54, 1.807) is 32.7 Å². The van der Waals surface area contributed by atoms with Gasteiger partial charge in [-0.15, -0.1) is 0 Å². The fraction of sp³-hybridized carbons (Fsp3) is 0.500. The molecule has 176 valence electrons. The zero-order valence-electron chi connectivity index (χ0n) is 18.6. The van der Waals surface area contributed by atoms with Crippen molar-refractivity contribution in [2.45, 2.75) is 13.5 Å². The van der Waals surface area contributed by atoms with Crippen molar-refractivity contribution in [2.75, 3.05) is 51.8 Å². The number of piperazine rings is 1. The number of halogens is 1. The van der Waals surface area contributed by atoms with E-state index in [1.807, 2.05) is 24.3 Å². The van der Waals surface area contributed by atoms with Crippen LogP contribution < -0.4 is 9.64 Å². The molecule has 0 aliphatic carbocycles. The van der Waals surface area contributed by atoms with Crippen LogP contribution in [0.25, 0.3) is 0 Å². The molecule has 0 atom stereocenters. The molecule has 0 bridgehead atoms. The molecule has 3 rings (SSSR count). The van der Waals surface area contributed by atoms with Gasteiger partial charge in [0.25, 0.3) is 10.2 Å². The topological polar surface area (TPSA) is 97.2 Å². The molecule has 2 heterocycles. The van der Waals surface area contributed by atoms with Crippen molar-refractivity contribution in [1.29, 1.82) is 0 Å². The quantitative estimate of drug-likeness (QED) is 0.481. The summed E-state index contributed by atoms with van der Waals surface area (Å²) in [5.74, 6) is 0.192. The smallest absolute Gasteiger partial charge is 0.360 e. The molecule has 1 aromatic heterocycles. The van der Waals surface area contributed by atoms with Crippen LogP contribution in [0.5, 0.6) is 5.75 Å². The minimum atomic E-state index is -3.38. The normalized spacial score (nSPS) is 15.2. The molecule has 0 radical (unpaired) electrons. The summed E-state index contributed by atoms with van der Waals surface area (Å²) in [5.41, 5.74) is 1.94. The number of carbonyl (C=O) groups is 1. The number of aryl methyl sites for hydroxylation is 1. The monoisotopic (exact) mass is 529 g/mol. The zero-order chi connectivity index (χ0) is 23.5. The lowest BCUT2D eigenvalue weighted by molar-refractivity contribution is 0.0517. The lowest BCUT2D eigenvalue weighted by Crippen LogP contribution is -2.51. The van der Waals surface area contributed by atoms with Crippen molar-refractivity contribution in [2.24, 2.45) is 7.05 Å². The van der Waals surface area contributed by atoms with Gasteiger partial charge in [-0.25, -0.2) is 4.79 Å². The number of anilines is 1. The van der Waals surface area contributed by atoms with E-state index in [-0.39, 0.29) is 18.9 Å². The van der Waals surface area contributed by atoms with E-state index >= 15 is 0 Å². The number of hydrogen-bond acceptors (Lipinski definition) is 7. The van der Waals surface area contributed by atoms with Crippen LogP contribution in [-0.2, 0) is 28.6 Å². The van der Waals surface area contributed by atoms with E-state index in [9.17, 15) is 13.2 Å². The van der Waals surface area contributed by atoms with Crippen LogP contribution in [0.3, 0.4) is 0 Å². The van der Waals surface area contributed by atoms with Crippen LogP contribution in [0.2, 0.25) is 0 Å². The summed E-state index contributed by atoms with van der Waals surface area (Å²) >= 11 is 3.42. The summed E-state index contributed by atoms with van der Waals surface area (Å²) in [6, 6.07) is 7.64. The van der Waals surface area contributed by atoms with Gasteiger partial charge >= 0.3 is 5.97 Å². The number of hydrogen-bond donors (Lipinski definition) is 0. The summed E-state index contributed by atoms with van der Waals surface area (Å²) < 4.78 is 40.3. The van der Waals surface area contributed by atoms with Gasteiger partial charge in [0, 0.05) is 53.0 Å². The first-order valence-electron chi connectivity index (χ1n) is 10.2. The van der Waals surface area contributed by atoms with Gasteiger partial charge in [-0.2, -0.15) is 22.1 Å². The summed E-state index contributed by atoms with van der Waals surface area (Å²) in [6.07, 6.45) is 0. The van der Waals surface area contributed by atoms with Crippen LogP contribution >= 0.6 is 15.9 Å². The minimum Gasteiger partial charge on any atom is -0.487 e. The Kier molecular flexibility index (Phi) is 7.80. The van der Waals surface area contributed by atoms with E-state index in [4.69, 9.17) is 9.47 Å². The molecule has 10 nitrogen and oxygen atoms in total. The number of carbonyl (C=O) groups excluding carboxylic acids is 1. The molecule has 0 spiro atoms. The number of rotatable bonds is 8. The van der Waals surface area contributed by atoms with E-state index in [0.29, 0.717) is 36.4 Å².